The van der Waals surface area contributed by atoms with Crippen molar-refractivity contribution >= 4 is 33.6 Å². The highest BCUT2D eigenvalue weighted by Gasteiger charge is 2.33. The quantitative estimate of drug-likeness (QED) is 0.656. The fourth-order valence-electron chi connectivity index (χ4n) is 3.07. The number of fused-ring (bicyclic) bond motifs is 1. The third-order valence-corrected chi connectivity index (χ3v) is 4.88. The van der Waals surface area contributed by atoms with Crippen LogP contribution in [0.15, 0.2) is 63.9 Å². The number of carbonyl (C=O) groups is 2. The molecular weight excluding hydrogens is 426 g/mol. The van der Waals surface area contributed by atoms with Crippen molar-refractivity contribution in [2.24, 2.45) is 0 Å². The molecule has 28 heavy (non-hydrogen) atoms. The molecule has 8 nitrogen and oxygen atoms in total. The Labute approximate surface area is 168 Å². The third kappa shape index (κ3) is 3.48. The Morgan fingerprint density at radius 3 is 2.64 bits per heavy atom. The summed E-state index contributed by atoms with van der Waals surface area (Å²) in [5, 5.41) is 2.76. The number of benzene rings is 2. The predicted molar refractivity (Wildman–Crippen MR) is 106 cm³/mol. The molecule has 0 saturated carbocycles. The van der Waals surface area contributed by atoms with Crippen LogP contribution in [0.2, 0.25) is 0 Å². The monoisotopic (exact) mass is 441 g/mol. The summed E-state index contributed by atoms with van der Waals surface area (Å²) in [7, 11) is 0. The van der Waals surface area contributed by atoms with E-state index in [2.05, 4.69) is 26.2 Å². The van der Waals surface area contributed by atoms with Crippen LogP contribution in [0.1, 0.15) is 11.4 Å². The summed E-state index contributed by atoms with van der Waals surface area (Å²) in [5.74, 6) is -0.0608. The van der Waals surface area contributed by atoms with E-state index in [-0.39, 0.29) is 19.0 Å². The highest BCUT2D eigenvalue weighted by Crippen LogP contribution is 2.22. The van der Waals surface area contributed by atoms with Crippen molar-refractivity contribution in [1.82, 2.24) is 19.7 Å². The first-order valence-electron chi connectivity index (χ1n) is 8.60. The van der Waals surface area contributed by atoms with E-state index in [1.54, 1.807) is 12.1 Å². The lowest BCUT2D eigenvalue weighted by molar-refractivity contribution is -0.122. The van der Waals surface area contributed by atoms with E-state index < -0.39 is 11.7 Å². The van der Waals surface area contributed by atoms with E-state index >= 15 is 0 Å². The number of nitrogens with zero attached hydrogens (tertiary/aromatic N) is 4. The van der Waals surface area contributed by atoms with Gasteiger partial charge in [-0.25, -0.2) is 14.3 Å². The summed E-state index contributed by atoms with van der Waals surface area (Å²) in [5.41, 5.74) is 1.00. The zero-order valence-corrected chi connectivity index (χ0v) is 16.3. The van der Waals surface area contributed by atoms with Gasteiger partial charge in [-0.05, 0) is 29.8 Å². The van der Waals surface area contributed by atoms with Crippen LogP contribution in [0.5, 0.6) is 0 Å². The van der Waals surface area contributed by atoms with Gasteiger partial charge in [0.2, 0.25) is 5.91 Å². The van der Waals surface area contributed by atoms with Gasteiger partial charge in [0.05, 0.1) is 6.54 Å². The minimum Gasteiger partial charge on any atom is -0.350 e. The van der Waals surface area contributed by atoms with Crippen LogP contribution < -0.4 is 15.9 Å². The van der Waals surface area contributed by atoms with Gasteiger partial charge in [0, 0.05) is 16.7 Å². The molecule has 4 rings (SSSR count). The number of carbonyl (C=O) groups excluding carboxylic acids is 2. The van der Waals surface area contributed by atoms with E-state index in [1.165, 1.54) is 9.58 Å². The minimum atomic E-state index is -0.617. The third-order valence-electron chi connectivity index (χ3n) is 4.38. The van der Waals surface area contributed by atoms with Gasteiger partial charge in [-0.2, -0.15) is 9.67 Å². The van der Waals surface area contributed by atoms with Gasteiger partial charge in [0.15, 0.2) is 5.82 Å². The molecule has 3 aromatic rings. The van der Waals surface area contributed by atoms with E-state index in [0.717, 1.165) is 14.7 Å². The lowest BCUT2D eigenvalue weighted by Gasteiger charge is -2.15. The Kier molecular flexibility index (Phi) is 4.82. The van der Waals surface area contributed by atoms with Gasteiger partial charge < -0.3 is 5.32 Å². The molecule has 2 heterocycles. The van der Waals surface area contributed by atoms with Crippen molar-refractivity contribution in [3.63, 3.8) is 0 Å². The molecule has 0 saturated heterocycles. The van der Waals surface area contributed by atoms with Crippen LogP contribution in [0.4, 0.5) is 10.5 Å². The standard InChI is InChI=1S/C19H16BrN5O3/c20-14-6-4-5-13(9-14)10-21-17(26)12-24-18(27)22-16-11-23(19(28)25(16)24)15-7-2-1-3-8-15/h1-9H,10-12H2,(H,21,26). The summed E-state index contributed by atoms with van der Waals surface area (Å²) in [6.45, 7) is 0.219. The molecule has 0 spiro atoms. The zero-order chi connectivity index (χ0) is 19.7. The van der Waals surface area contributed by atoms with E-state index in [1.807, 2.05) is 42.5 Å². The number of aromatic nitrogens is 3. The van der Waals surface area contributed by atoms with Crippen LogP contribution in [-0.2, 0) is 24.4 Å². The lowest BCUT2D eigenvalue weighted by atomic mass is 10.2. The molecule has 0 unspecified atom stereocenters. The van der Waals surface area contributed by atoms with Crippen molar-refractivity contribution < 1.29 is 9.59 Å². The summed E-state index contributed by atoms with van der Waals surface area (Å²) < 4.78 is 3.15. The summed E-state index contributed by atoms with van der Waals surface area (Å²) >= 11 is 3.38. The topological polar surface area (TPSA) is 89.2 Å². The molecule has 1 aliphatic heterocycles. The van der Waals surface area contributed by atoms with Crippen LogP contribution >= 0.6 is 15.9 Å². The molecule has 2 aromatic carbocycles. The number of amides is 2. The van der Waals surface area contributed by atoms with Crippen LogP contribution in [0, 0.1) is 0 Å². The van der Waals surface area contributed by atoms with Crippen LogP contribution in [0.25, 0.3) is 0 Å². The maximum atomic E-state index is 12.8. The fraction of sp³-hybridized carbons (Fsp3) is 0.158. The van der Waals surface area contributed by atoms with E-state index in [0.29, 0.717) is 18.1 Å². The first-order valence-corrected chi connectivity index (χ1v) is 9.39. The maximum Gasteiger partial charge on any atom is 0.365 e. The first-order chi connectivity index (χ1) is 13.5. The molecule has 1 N–H and O–H groups in total. The SMILES string of the molecule is O=C(Cn1c(=O)nc2n1C(=O)N(c1ccccc1)C2)NCc1cccc(Br)c1. The molecule has 0 fully saturated rings. The first kappa shape index (κ1) is 18.2. The van der Waals surface area contributed by atoms with Crippen LogP contribution in [0.3, 0.4) is 0 Å². The molecule has 2 amide bonds. The maximum absolute atomic E-state index is 12.8. The second-order valence-corrected chi connectivity index (χ2v) is 7.21. The van der Waals surface area contributed by atoms with Crippen molar-refractivity contribution in [3.8, 4) is 0 Å². The minimum absolute atomic E-state index is 0.185. The molecule has 9 heteroatoms. The van der Waals surface area contributed by atoms with Gasteiger partial charge in [0.1, 0.15) is 6.54 Å². The molecule has 0 atom stereocenters. The fourth-order valence-corrected chi connectivity index (χ4v) is 3.51. The highest BCUT2D eigenvalue weighted by molar-refractivity contribution is 9.10. The van der Waals surface area contributed by atoms with Crippen LogP contribution in [-0.4, -0.2) is 26.3 Å². The smallest absolute Gasteiger partial charge is 0.350 e. The Morgan fingerprint density at radius 1 is 1.11 bits per heavy atom. The summed E-state index contributed by atoms with van der Waals surface area (Å²) in [6.07, 6.45) is 0. The number of anilines is 1. The van der Waals surface area contributed by atoms with Crippen molar-refractivity contribution in [2.75, 3.05) is 4.90 Å². The van der Waals surface area contributed by atoms with Gasteiger partial charge >= 0.3 is 11.7 Å². The molecule has 1 aromatic heterocycles. The Balaban J connectivity index is 1.49. The number of para-hydroxylation sites is 1. The van der Waals surface area contributed by atoms with Gasteiger partial charge in [-0.3, -0.25) is 9.69 Å². The molecular formula is C19H16BrN5O3. The zero-order valence-electron chi connectivity index (χ0n) is 14.7. The van der Waals surface area contributed by atoms with Crippen molar-refractivity contribution in [3.05, 3.63) is 80.9 Å². The molecule has 142 valence electrons. The van der Waals surface area contributed by atoms with Gasteiger partial charge in [0.25, 0.3) is 0 Å². The number of nitrogens with one attached hydrogen (secondary N) is 1. The molecule has 1 aliphatic rings. The van der Waals surface area contributed by atoms with Gasteiger partial charge in [-0.15, -0.1) is 0 Å². The number of halogens is 1. The molecule has 0 aliphatic carbocycles. The normalized spacial score (nSPS) is 12.9. The Bertz CT molecular complexity index is 1110. The second-order valence-electron chi connectivity index (χ2n) is 6.29. The Hall–Kier alpha value is -3.20. The number of hydrogen-bond acceptors (Lipinski definition) is 4. The van der Waals surface area contributed by atoms with Crippen molar-refractivity contribution in [2.45, 2.75) is 19.6 Å². The largest absolute Gasteiger partial charge is 0.365 e. The number of rotatable bonds is 5. The summed E-state index contributed by atoms with van der Waals surface area (Å²) in [6, 6.07) is 16.2. The molecule has 0 bridgehead atoms. The van der Waals surface area contributed by atoms with E-state index in [4.69, 9.17) is 0 Å². The predicted octanol–water partition coefficient (Wildman–Crippen LogP) is 2.11. The van der Waals surface area contributed by atoms with E-state index in [9.17, 15) is 14.4 Å². The van der Waals surface area contributed by atoms with Crippen molar-refractivity contribution in [1.29, 1.82) is 0 Å². The highest BCUT2D eigenvalue weighted by atomic mass is 79.9. The lowest BCUT2D eigenvalue weighted by Crippen LogP contribution is -2.38. The molecule has 0 radical (unpaired) electrons. The average molecular weight is 442 g/mol. The number of hydrogen-bond donors (Lipinski definition) is 1. The second kappa shape index (κ2) is 7.43. The summed E-state index contributed by atoms with van der Waals surface area (Å²) in [4.78, 5) is 42.7. The Morgan fingerprint density at radius 2 is 1.89 bits per heavy atom. The average Bonchev–Trinajstić information content (AvgIpc) is 3.17. The van der Waals surface area contributed by atoms with Gasteiger partial charge in [-0.1, -0.05) is 46.3 Å².